The molecule has 0 fully saturated rings. The van der Waals surface area contributed by atoms with Crippen LogP contribution in [0, 0.1) is 0 Å². The van der Waals surface area contributed by atoms with Gasteiger partial charge >= 0.3 is 0 Å². The minimum atomic E-state index is -0.0901. The van der Waals surface area contributed by atoms with Gasteiger partial charge in [-0.1, -0.05) is 66.7 Å². The summed E-state index contributed by atoms with van der Waals surface area (Å²) in [7, 11) is 0. The number of carbonyl (C=O) groups is 1. The van der Waals surface area contributed by atoms with E-state index in [4.69, 9.17) is 0 Å². The molecule has 0 radical (unpaired) electrons. The van der Waals surface area contributed by atoms with E-state index in [-0.39, 0.29) is 5.78 Å². The van der Waals surface area contributed by atoms with E-state index in [0.717, 1.165) is 11.1 Å². The Morgan fingerprint density at radius 1 is 0.773 bits per heavy atom. The molecule has 2 heteroatoms. The van der Waals surface area contributed by atoms with E-state index in [1.807, 2.05) is 42.5 Å². The van der Waals surface area contributed by atoms with E-state index < -0.39 is 0 Å². The van der Waals surface area contributed by atoms with Crippen LogP contribution in [-0.4, -0.2) is 10.8 Å². The summed E-state index contributed by atoms with van der Waals surface area (Å²) in [6.07, 6.45) is 4.99. The van der Waals surface area contributed by atoms with Crippen LogP contribution in [0.5, 0.6) is 0 Å². The summed E-state index contributed by atoms with van der Waals surface area (Å²) in [5.41, 5.74) is 3.79. The average molecular weight is 285 g/mol. The molecule has 0 N–H and O–H groups in total. The van der Waals surface area contributed by atoms with Gasteiger partial charge in [-0.25, -0.2) is 0 Å². The van der Waals surface area contributed by atoms with Gasteiger partial charge in [0.1, 0.15) is 5.69 Å². The topological polar surface area (TPSA) is 30.0 Å². The number of benzene rings is 2. The Bertz CT molecular complexity index is 775. The molecule has 1 heterocycles. The van der Waals surface area contributed by atoms with Crippen molar-refractivity contribution in [1.82, 2.24) is 4.98 Å². The average Bonchev–Trinajstić information content (AvgIpc) is 2.61. The summed E-state index contributed by atoms with van der Waals surface area (Å²) in [5.74, 6) is -0.0901. The Kier molecular flexibility index (Phi) is 4.21. The minimum Gasteiger partial charge on any atom is -0.288 e. The molecule has 0 amide bonds. The lowest BCUT2D eigenvalue weighted by atomic mass is 10.0. The van der Waals surface area contributed by atoms with Crippen molar-refractivity contribution in [3.05, 3.63) is 96.3 Å². The molecule has 0 unspecified atom stereocenters. The van der Waals surface area contributed by atoms with Crippen LogP contribution >= 0.6 is 0 Å². The van der Waals surface area contributed by atoms with Crippen LogP contribution in [0.4, 0.5) is 0 Å². The highest BCUT2D eigenvalue weighted by atomic mass is 16.1. The van der Waals surface area contributed by atoms with E-state index in [1.54, 1.807) is 24.4 Å². The number of nitrogens with zero attached hydrogens (tertiary/aromatic N) is 1. The number of carbonyl (C=O) groups excluding carboxylic acids is 1. The molecular weight excluding hydrogens is 270 g/mol. The van der Waals surface area contributed by atoms with Crippen LogP contribution in [0.3, 0.4) is 0 Å². The molecule has 3 aromatic rings. The molecule has 0 saturated heterocycles. The minimum absolute atomic E-state index is 0.0901. The monoisotopic (exact) mass is 285 g/mol. The summed E-state index contributed by atoms with van der Waals surface area (Å²) in [6, 6.07) is 23.6. The smallest absolute Gasteiger partial charge is 0.204 e. The van der Waals surface area contributed by atoms with Crippen molar-refractivity contribution in [3.63, 3.8) is 0 Å². The Balaban J connectivity index is 1.74. The second-order valence-corrected chi connectivity index (χ2v) is 4.90. The van der Waals surface area contributed by atoms with Gasteiger partial charge in [-0.3, -0.25) is 9.78 Å². The van der Waals surface area contributed by atoms with Gasteiger partial charge in [0, 0.05) is 6.20 Å². The molecule has 1 aromatic heterocycles. The lowest BCUT2D eigenvalue weighted by molar-refractivity contribution is 0.104. The van der Waals surface area contributed by atoms with Crippen molar-refractivity contribution in [2.24, 2.45) is 0 Å². The molecule has 0 atom stereocenters. The van der Waals surface area contributed by atoms with E-state index in [2.05, 4.69) is 29.2 Å². The molecule has 0 spiro atoms. The molecule has 0 bridgehead atoms. The van der Waals surface area contributed by atoms with Gasteiger partial charge in [-0.2, -0.15) is 0 Å². The Labute approximate surface area is 129 Å². The maximum absolute atomic E-state index is 12.0. The number of ketones is 1. The first-order chi connectivity index (χ1) is 10.8. The third-order valence-electron chi connectivity index (χ3n) is 3.36. The van der Waals surface area contributed by atoms with Crippen molar-refractivity contribution in [2.45, 2.75) is 0 Å². The van der Waals surface area contributed by atoms with E-state index in [0.29, 0.717) is 5.69 Å². The maximum Gasteiger partial charge on any atom is 0.204 e. The van der Waals surface area contributed by atoms with Crippen molar-refractivity contribution in [1.29, 1.82) is 0 Å². The Morgan fingerprint density at radius 2 is 1.45 bits per heavy atom. The van der Waals surface area contributed by atoms with E-state index >= 15 is 0 Å². The van der Waals surface area contributed by atoms with Crippen molar-refractivity contribution >= 4 is 11.9 Å². The number of pyridine rings is 1. The molecule has 0 aliphatic carbocycles. The van der Waals surface area contributed by atoms with Crippen LogP contribution in [-0.2, 0) is 0 Å². The van der Waals surface area contributed by atoms with Gasteiger partial charge < -0.3 is 0 Å². The second kappa shape index (κ2) is 6.64. The SMILES string of the molecule is O=C(C=Cc1ccc(-c2ccccc2)cc1)c1ccccn1. The molecule has 106 valence electrons. The zero-order valence-electron chi connectivity index (χ0n) is 12.0. The molecule has 3 rings (SSSR count). The summed E-state index contributed by atoms with van der Waals surface area (Å²) < 4.78 is 0. The number of aromatic nitrogens is 1. The lowest BCUT2D eigenvalue weighted by Crippen LogP contribution is -1.96. The fraction of sp³-hybridized carbons (Fsp3) is 0. The van der Waals surface area contributed by atoms with Crippen LogP contribution in [0.25, 0.3) is 17.2 Å². The first-order valence-electron chi connectivity index (χ1n) is 7.12. The third-order valence-corrected chi connectivity index (χ3v) is 3.36. The first kappa shape index (κ1) is 14.0. The number of allylic oxidation sites excluding steroid dienone is 1. The van der Waals surface area contributed by atoms with Crippen LogP contribution in [0.15, 0.2) is 85.1 Å². The van der Waals surface area contributed by atoms with Gasteiger partial charge in [0.15, 0.2) is 0 Å². The molecule has 22 heavy (non-hydrogen) atoms. The summed E-state index contributed by atoms with van der Waals surface area (Å²) in [5, 5.41) is 0. The largest absolute Gasteiger partial charge is 0.288 e. The third kappa shape index (κ3) is 3.36. The fourth-order valence-corrected chi connectivity index (χ4v) is 2.18. The Morgan fingerprint density at radius 3 is 2.14 bits per heavy atom. The van der Waals surface area contributed by atoms with Crippen molar-refractivity contribution in [3.8, 4) is 11.1 Å². The molecule has 2 aromatic carbocycles. The summed E-state index contributed by atoms with van der Waals surface area (Å²) in [6.45, 7) is 0. The molecule has 0 aliphatic heterocycles. The highest BCUT2D eigenvalue weighted by Gasteiger charge is 2.01. The van der Waals surface area contributed by atoms with Crippen LogP contribution < -0.4 is 0 Å². The van der Waals surface area contributed by atoms with Crippen molar-refractivity contribution < 1.29 is 4.79 Å². The predicted molar refractivity (Wildman–Crippen MR) is 89.5 cm³/mol. The van der Waals surface area contributed by atoms with E-state index in [1.165, 1.54) is 5.56 Å². The van der Waals surface area contributed by atoms with Gasteiger partial charge in [-0.15, -0.1) is 0 Å². The van der Waals surface area contributed by atoms with Gasteiger partial charge in [0.2, 0.25) is 5.78 Å². The van der Waals surface area contributed by atoms with Gasteiger partial charge in [0.25, 0.3) is 0 Å². The van der Waals surface area contributed by atoms with Gasteiger partial charge in [-0.05, 0) is 34.9 Å². The maximum atomic E-state index is 12.0. The Hall–Kier alpha value is -3.00. The molecule has 0 saturated carbocycles. The predicted octanol–water partition coefficient (Wildman–Crippen LogP) is 4.64. The molecular formula is C20H15NO. The zero-order valence-corrected chi connectivity index (χ0v) is 12.0. The quantitative estimate of drug-likeness (QED) is 0.516. The van der Waals surface area contributed by atoms with Crippen LogP contribution in [0.2, 0.25) is 0 Å². The zero-order chi connectivity index (χ0) is 15.2. The number of hydrogen-bond acceptors (Lipinski definition) is 2. The normalized spacial score (nSPS) is 10.7. The summed E-state index contributed by atoms with van der Waals surface area (Å²) in [4.78, 5) is 16.0. The standard InChI is InChI=1S/C20H15NO/c22-20(19-8-4-5-15-21-19)14-11-16-9-12-18(13-10-16)17-6-2-1-3-7-17/h1-15H. The molecule has 0 aliphatic rings. The van der Waals surface area contributed by atoms with Crippen LogP contribution in [0.1, 0.15) is 16.1 Å². The van der Waals surface area contributed by atoms with E-state index in [9.17, 15) is 4.79 Å². The van der Waals surface area contributed by atoms with Gasteiger partial charge in [0.05, 0.1) is 0 Å². The first-order valence-corrected chi connectivity index (χ1v) is 7.12. The highest BCUT2D eigenvalue weighted by molar-refractivity contribution is 6.05. The number of rotatable bonds is 4. The fourth-order valence-electron chi connectivity index (χ4n) is 2.18. The highest BCUT2D eigenvalue weighted by Crippen LogP contribution is 2.19. The summed E-state index contributed by atoms with van der Waals surface area (Å²) >= 11 is 0. The number of hydrogen-bond donors (Lipinski definition) is 0. The second-order valence-electron chi connectivity index (χ2n) is 4.90. The lowest BCUT2D eigenvalue weighted by Gasteiger charge is -2.01. The molecule has 2 nitrogen and oxygen atoms in total. The van der Waals surface area contributed by atoms with Crippen molar-refractivity contribution in [2.75, 3.05) is 0 Å².